The predicted octanol–water partition coefficient (Wildman–Crippen LogP) is 3.30. The molecule has 1 heterocycles. The third-order valence-corrected chi connectivity index (χ3v) is 6.59. The molecule has 178 valence electrons. The number of hydrogen-bond acceptors (Lipinski definition) is 4. The fraction of sp³-hybridized carbons (Fsp3) is 0.346. The standard InChI is InChI=1S/C26H30N4O4/c27-15-17-6-8-18(9-7-17)24(31)30-22(12-16-4-2-1-3-5-16)25(32)28-20-11-10-19-13-23(26(33)34)29-21(19)14-20/h1-5,10-11,13-14,17-18,22,29H,6-9,12,15,27H2,(H,28,32)(H,30,31)(H,33,34)/t17?,18?,22-/m1/s1. The van der Waals surface area contributed by atoms with Crippen LogP contribution in [-0.4, -0.2) is 40.5 Å². The number of carbonyl (C=O) groups excluding carboxylic acids is 2. The lowest BCUT2D eigenvalue weighted by atomic mass is 9.81. The van der Waals surface area contributed by atoms with Gasteiger partial charge in [-0.05, 0) is 61.9 Å². The number of aromatic carboxylic acids is 1. The van der Waals surface area contributed by atoms with Gasteiger partial charge < -0.3 is 26.5 Å². The minimum Gasteiger partial charge on any atom is -0.477 e. The molecule has 4 rings (SSSR count). The van der Waals surface area contributed by atoms with E-state index < -0.39 is 12.0 Å². The van der Waals surface area contributed by atoms with Gasteiger partial charge >= 0.3 is 5.97 Å². The van der Waals surface area contributed by atoms with Gasteiger partial charge in [0.1, 0.15) is 11.7 Å². The Morgan fingerprint density at radius 2 is 1.76 bits per heavy atom. The maximum absolute atomic E-state index is 13.2. The SMILES string of the molecule is NCC1CCC(C(=O)N[C@H](Cc2ccccc2)C(=O)Nc2ccc3cc(C(=O)O)[nH]c3c2)CC1. The first-order valence-corrected chi connectivity index (χ1v) is 11.6. The summed E-state index contributed by atoms with van der Waals surface area (Å²) >= 11 is 0. The van der Waals surface area contributed by atoms with Gasteiger partial charge in [-0.3, -0.25) is 9.59 Å². The average Bonchev–Trinajstić information content (AvgIpc) is 3.28. The van der Waals surface area contributed by atoms with Crippen LogP contribution in [0.5, 0.6) is 0 Å². The van der Waals surface area contributed by atoms with Crippen molar-refractivity contribution >= 4 is 34.4 Å². The molecule has 0 saturated heterocycles. The molecule has 2 amide bonds. The summed E-state index contributed by atoms with van der Waals surface area (Å²) in [4.78, 5) is 40.3. The molecule has 0 unspecified atom stereocenters. The number of fused-ring (bicyclic) bond motifs is 1. The fourth-order valence-corrected chi connectivity index (χ4v) is 4.56. The summed E-state index contributed by atoms with van der Waals surface area (Å²) in [6.45, 7) is 0.645. The Kier molecular flexibility index (Phi) is 7.27. The van der Waals surface area contributed by atoms with Crippen molar-refractivity contribution in [3.63, 3.8) is 0 Å². The van der Waals surface area contributed by atoms with Crippen molar-refractivity contribution in [1.29, 1.82) is 0 Å². The number of carboxylic acids is 1. The number of rotatable bonds is 8. The molecule has 0 bridgehead atoms. The average molecular weight is 463 g/mol. The van der Waals surface area contributed by atoms with Crippen LogP contribution in [0.2, 0.25) is 0 Å². The molecule has 1 aliphatic carbocycles. The number of nitrogens with two attached hydrogens (primary N) is 1. The van der Waals surface area contributed by atoms with Crippen LogP contribution < -0.4 is 16.4 Å². The van der Waals surface area contributed by atoms with Gasteiger partial charge in [-0.15, -0.1) is 0 Å². The van der Waals surface area contributed by atoms with Crippen molar-refractivity contribution in [2.75, 3.05) is 11.9 Å². The van der Waals surface area contributed by atoms with E-state index >= 15 is 0 Å². The van der Waals surface area contributed by atoms with Crippen LogP contribution in [-0.2, 0) is 16.0 Å². The number of aromatic amines is 1. The molecule has 2 aromatic carbocycles. The van der Waals surface area contributed by atoms with Crippen LogP contribution in [0.4, 0.5) is 5.69 Å². The molecule has 0 radical (unpaired) electrons. The molecule has 0 aliphatic heterocycles. The Hall–Kier alpha value is -3.65. The van der Waals surface area contributed by atoms with Gasteiger partial charge in [-0.1, -0.05) is 36.4 Å². The van der Waals surface area contributed by atoms with Gasteiger partial charge in [-0.25, -0.2) is 4.79 Å². The maximum Gasteiger partial charge on any atom is 0.352 e. The Balaban J connectivity index is 1.48. The number of anilines is 1. The molecule has 1 saturated carbocycles. The van der Waals surface area contributed by atoms with E-state index in [1.54, 1.807) is 24.3 Å². The molecule has 34 heavy (non-hydrogen) atoms. The van der Waals surface area contributed by atoms with E-state index in [1.807, 2.05) is 30.3 Å². The van der Waals surface area contributed by atoms with Gasteiger partial charge in [-0.2, -0.15) is 0 Å². The smallest absolute Gasteiger partial charge is 0.352 e. The van der Waals surface area contributed by atoms with E-state index in [2.05, 4.69) is 15.6 Å². The Bertz CT molecular complexity index is 1170. The van der Waals surface area contributed by atoms with E-state index in [9.17, 15) is 19.5 Å². The summed E-state index contributed by atoms with van der Waals surface area (Å²) < 4.78 is 0. The first kappa shape index (κ1) is 23.5. The summed E-state index contributed by atoms with van der Waals surface area (Å²) in [6.07, 6.45) is 3.78. The molecule has 1 aliphatic rings. The van der Waals surface area contributed by atoms with Crippen molar-refractivity contribution in [2.45, 2.75) is 38.1 Å². The molecule has 1 atom stereocenters. The number of carbonyl (C=O) groups is 3. The van der Waals surface area contributed by atoms with E-state index in [0.29, 0.717) is 30.1 Å². The van der Waals surface area contributed by atoms with Crippen molar-refractivity contribution in [1.82, 2.24) is 10.3 Å². The van der Waals surface area contributed by atoms with Crippen molar-refractivity contribution in [3.8, 4) is 0 Å². The normalized spacial score (nSPS) is 18.9. The zero-order chi connectivity index (χ0) is 24.1. The van der Waals surface area contributed by atoms with Gasteiger partial charge in [0.05, 0.1) is 0 Å². The van der Waals surface area contributed by atoms with Crippen LogP contribution in [0, 0.1) is 11.8 Å². The van der Waals surface area contributed by atoms with Crippen LogP contribution in [0.15, 0.2) is 54.6 Å². The van der Waals surface area contributed by atoms with E-state index in [4.69, 9.17) is 5.73 Å². The zero-order valence-electron chi connectivity index (χ0n) is 18.9. The van der Waals surface area contributed by atoms with E-state index in [1.165, 1.54) is 0 Å². The van der Waals surface area contributed by atoms with Crippen molar-refractivity contribution in [3.05, 3.63) is 65.9 Å². The van der Waals surface area contributed by atoms with Crippen molar-refractivity contribution < 1.29 is 19.5 Å². The quantitative estimate of drug-likeness (QED) is 0.350. The fourth-order valence-electron chi connectivity index (χ4n) is 4.56. The first-order valence-electron chi connectivity index (χ1n) is 11.6. The second-order valence-corrected chi connectivity index (χ2v) is 8.98. The number of nitrogens with one attached hydrogen (secondary N) is 3. The summed E-state index contributed by atoms with van der Waals surface area (Å²) in [6, 6.07) is 15.5. The summed E-state index contributed by atoms with van der Waals surface area (Å²) in [5.41, 5.74) is 7.92. The Labute approximate surface area is 197 Å². The summed E-state index contributed by atoms with van der Waals surface area (Å²) in [5, 5.41) is 15.8. The largest absolute Gasteiger partial charge is 0.477 e. The molecule has 3 aromatic rings. The number of benzene rings is 2. The number of amides is 2. The Morgan fingerprint density at radius 1 is 1.03 bits per heavy atom. The molecule has 6 N–H and O–H groups in total. The van der Waals surface area contributed by atoms with Gasteiger partial charge in [0.2, 0.25) is 11.8 Å². The molecule has 8 nitrogen and oxygen atoms in total. The molecule has 1 fully saturated rings. The molecule has 0 spiro atoms. The van der Waals surface area contributed by atoms with E-state index in [-0.39, 0.29) is 23.4 Å². The minimum atomic E-state index is -1.05. The lowest BCUT2D eigenvalue weighted by molar-refractivity contribution is -0.130. The highest BCUT2D eigenvalue weighted by atomic mass is 16.4. The molecular formula is C26H30N4O4. The Morgan fingerprint density at radius 3 is 2.44 bits per heavy atom. The summed E-state index contributed by atoms with van der Waals surface area (Å²) in [5.74, 6) is -1.11. The number of aromatic nitrogens is 1. The highest BCUT2D eigenvalue weighted by Gasteiger charge is 2.29. The van der Waals surface area contributed by atoms with Crippen LogP contribution in [0.25, 0.3) is 10.9 Å². The van der Waals surface area contributed by atoms with Crippen molar-refractivity contribution in [2.24, 2.45) is 17.6 Å². The van der Waals surface area contributed by atoms with Gasteiger partial charge in [0.15, 0.2) is 0 Å². The second-order valence-electron chi connectivity index (χ2n) is 8.98. The van der Waals surface area contributed by atoms with Gasteiger partial charge in [0, 0.05) is 28.9 Å². The lowest BCUT2D eigenvalue weighted by Gasteiger charge is -2.28. The van der Waals surface area contributed by atoms with Crippen LogP contribution in [0.1, 0.15) is 41.7 Å². The maximum atomic E-state index is 13.2. The third-order valence-electron chi connectivity index (χ3n) is 6.59. The van der Waals surface area contributed by atoms with Crippen LogP contribution >= 0.6 is 0 Å². The molecular weight excluding hydrogens is 432 g/mol. The lowest BCUT2D eigenvalue weighted by Crippen LogP contribution is -2.48. The monoisotopic (exact) mass is 462 g/mol. The summed E-state index contributed by atoms with van der Waals surface area (Å²) in [7, 11) is 0. The highest BCUT2D eigenvalue weighted by Crippen LogP contribution is 2.28. The number of H-pyrrole nitrogens is 1. The zero-order valence-corrected chi connectivity index (χ0v) is 18.9. The third kappa shape index (κ3) is 5.63. The second kappa shape index (κ2) is 10.5. The predicted molar refractivity (Wildman–Crippen MR) is 130 cm³/mol. The minimum absolute atomic E-state index is 0.0806. The van der Waals surface area contributed by atoms with Crippen LogP contribution in [0.3, 0.4) is 0 Å². The first-order chi connectivity index (χ1) is 16.4. The molecule has 8 heteroatoms. The van der Waals surface area contributed by atoms with E-state index in [0.717, 1.165) is 36.6 Å². The number of hydrogen-bond donors (Lipinski definition) is 5. The highest BCUT2D eigenvalue weighted by molar-refractivity contribution is 6.00. The molecule has 1 aromatic heterocycles. The topological polar surface area (TPSA) is 137 Å². The van der Waals surface area contributed by atoms with Gasteiger partial charge in [0.25, 0.3) is 0 Å². The number of carboxylic acid groups (broad SMARTS) is 1.